The molecule has 0 bridgehead atoms. The van der Waals surface area contributed by atoms with E-state index in [-0.39, 0.29) is 5.75 Å². The van der Waals surface area contributed by atoms with Gasteiger partial charge in [-0.05, 0) is 19.1 Å². The second-order valence-electron chi connectivity index (χ2n) is 2.78. The summed E-state index contributed by atoms with van der Waals surface area (Å²) in [6, 6.07) is 3.25. The molecule has 0 aliphatic rings. The molecular formula is C10H10N2O2. The van der Waals surface area contributed by atoms with E-state index in [1.54, 1.807) is 12.3 Å². The lowest BCUT2D eigenvalue weighted by Gasteiger charge is -2.05. The Morgan fingerprint density at radius 3 is 2.86 bits per heavy atom. The third kappa shape index (κ3) is 1.35. The fourth-order valence-corrected chi connectivity index (χ4v) is 1.28. The molecule has 0 amide bonds. The van der Waals surface area contributed by atoms with Crippen LogP contribution >= 0.6 is 0 Å². The van der Waals surface area contributed by atoms with Crippen LogP contribution in [-0.2, 0) is 0 Å². The summed E-state index contributed by atoms with van der Waals surface area (Å²) in [5.74, 6) is 0.652. The van der Waals surface area contributed by atoms with Gasteiger partial charge in [0.1, 0.15) is 11.3 Å². The highest BCUT2D eigenvalue weighted by Crippen LogP contribution is 2.27. The van der Waals surface area contributed by atoms with E-state index in [0.717, 1.165) is 0 Å². The first-order chi connectivity index (χ1) is 6.83. The van der Waals surface area contributed by atoms with Gasteiger partial charge in [0.05, 0.1) is 6.61 Å². The molecule has 0 aromatic carbocycles. The molecule has 0 saturated carbocycles. The Labute approximate surface area is 81.2 Å². The van der Waals surface area contributed by atoms with Crippen molar-refractivity contribution in [2.45, 2.75) is 6.92 Å². The lowest BCUT2D eigenvalue weighted by molar-refractivity contribution is 0.330. The summed E-state index contributed by atoms with van der Waals surface area (Å²) in [6.07, 6.45) is 3.12. The van der Waals surface area contributed by atoms with E-state index in [2.05, 4.69) is 9.97 Å². The van der Waals surface area contributed by atoms with E-state index >= 15 is 0 Å². The second-order valence-corrected chi connectivity index (χ2v) is 2.78. The van der Waals surface area contributed by atoms with E-state index in [0.29, 0.717) is 23.4 Å². The molecule has 2 rings (SSSR count). The van der Waals surface area contributed by atoms with Crippen molar-refractivity contribution >= 4 is 10.9 Å². The predicted octanol–water partition coefficient (Wildman–Crippen LogP) is 1.73. The van der Waals surface area contributed by atoms with Crippen LogP contribution in [0.25, 0.3) is 10.9 Å². The van der Waals surface area contributed by atoms with Gasteiger partial charge in [-0.15, -0.1) is 0 Å². The van der Waals surface area contributed by atoms with Crippen LogP contribution in [0.5, 0.6) is 11.6 Å². The molecule has 0 spiro atoms. The van der Waals surface area contributed by atoms with Gasteiger partial charge in [-0.25, -0.2) is 4.98 Å². The van der Waals surface area contributed by atoms with Gasteiger partial charge in [0, 0.05) is 17.8 Å². The first-order valence-corrected chi connectivity index (χ1v) is 4.38. The number of aromatic nitrogens is 2. The zero-order chi connectivity index (χ0) is 9.97. The average Bonchev–Trinajstić information content (AvgIpc) is 2.20. The van der Waals surface area contributed by atoms with Crippen molar-refractivity contribution in [3.63, 3.8) is 0 Å². The molecule has 4 nitrogen and oxygen atoms in total. The van der Waals surface area contributed by atoms with Crippen molar-refractivity contribution < 1.29 is 9.84 Å². The second kappa shape index (κ2) is 3.49. The van der Waals surface area contributed by atoms with Gasteiger partial charge in [-0.2, -0.15) is 0 Å². The van der Waals surface area contributed by atoms with Crippen LogP contribution in [0.1, 0.15) is 6.92 Å². The Hall–Kier alpha value is -1.84. The fourth-order valence-electron chi connectivity index (χ4n) is 1.28. The zero-order valence-corrected chi connectivity index (χ0v) is 7.77. The highest BCUT2D eigenvalue weighted by Gasteiger charge is 2.06. The Morgan fingerprint density at radius 1 is 1.29 bits per heavy atom. The van der Waals surface area contributed by atoms with Crippen LogP contribution in [0.3, 0.4) is 0 Å². The summed E-state index contributed by atoms with van der Waals surface area (Å²) in [4.78, 5) is 8.15. The first kappa shape index (κ1) is 8.74. The molecule has 14 heavy (non-hydrogen) atoms. The minimum absolute atomic E-state index is 0.193. The standard InChI is InChI=1S/C10H10N2O2/c1-2-14-10-9-7(3-5-12-10)8(13)4-6-11-9/h3-6H,2H2,1H3,(H,11,13). The summed E-state index contributed by atoms with van der Waals surface area (Å²) in [5, 5.41) is 10.2. The highest BCUT2D eigenvalue weighted by atomic mass is 16.5. The molecule has 4 heteroatoms. The van der Waals surface area contributed by atoms with Crippen LogP contribution in [0.4, 0.5) is 0 Å². The van der Waals surface area contributed by atoms with Crippen LogP contribution in [-0.4, -0.2) is 21.7 Å². The SMILES string of the molecule is CCOc1nccc2c(O)ccnc12. The van der Waals surface area contributed by atoms with Crippen molar-refractivity contribution in [1.29, 1.82) is 0 Å². The third-order valence-electron chi connectivity index (χ3n) is 1.88. The van der Waals surface area contributed by atoms with Crippen LogP contribution < -0.4 is 4.74 Å². The maximum Gasteiger partial charge on any atom is 0.240 e. The number of hydrogen-bond acceptors (Lipinski definition) is 4. The van der Waals surface area contributed by atoms with Crippen molar-refractivity contribution in [2.75, 3.05) is 6.61 Å². The molecule has 0 unspecified atom stereocenters. The fraction of sp³-hybridized carbons (Fsp3) is 0.200. The van der Waals surface area contributed by atoms with E-state index in [9.17, 15) is 5.11 Å². The molecule has 0 fully saturated rings. The van der Waals surface area contributed by atoms with E-state index in [1.807, 2.05) is 6.92 Å². The Kier molecular flexibility index (Phi) is 2.18. The lowest BCUT2D eigenvalue weighted by Crippen LogP contribution is -1.96. The number of nitrogens with zero attached hydrogens (tertiary/aromatic N) is 2. The van der Waals surface area contributed by atoms with Gasteiger partial charge < -0.3 is 9.84 Å². The molecule has 2 aromatic rings. The monoisotopic (exact) mass is 190 g/mol. The number of hydrogen-bond donors (Lipinski definition) is 1. The van der Waals surface area contributed by atoms with Crippen LogP contribution in [0, 0.1) is 0 Å². The quantitative estimate of drug-likeness (QED) is 0.783. The molecule has 72 valence electrons. The van der Waals surface area contributed by atoms with E-state index in [4.69, 9.17) is 4.74 Å². The molecular weight excluding hydrogens is 180 g/mol. The number of ether oxygens (including phenoxy) is 1. The molecule has 2 heterocycles. The van der Waals surface area contributed by atoms with Gasteiger partial charge >= 0.3 is 0 Å². The summed E-state index contributed by atoms with van der Waals surface area (Å²) in [7, 11) is 0. The highest BCUT2D eigenvalue weighted by molar-refractivity contribution is 5.87. The van der Waals surface area contributed by atoms with Gasteiger partial charge in [-0.3, -0.25) is 4.98 Å². The average molecular weight is 190 g/mol. The number of pyridine rings is 2. The molecule has 0 saturated heterocycles. The molecule has 2 aromatic heterocycles. The zero-order valence-electron chi connectivity index (χ0n) is 7.77. The number of rotatable bonds is 2. The van der Waals surface area contributed by atoms with Gasteiger partial charge in [0.15, 0.2) is 0 Å². The summed E-state index contributed by atoms with van der Waals surface area (Å²) in [6.45, 7) is 2.41. The smallest absolute Gasteiger partial charge is 0.240 e. The summed E-state index contributed by atoms with van der Waals surface area (Å²) < 4.78 is 5.29. The minimum atomic E-state index is 0.193. The van der Waals surface area contributed by atoms with E-state index in [1.165, 1.54) is 12.3 Å². The summed E-state index contributed by atoms with van der Waals surface area (Å²) in [5.41, 5.74) is 0.592. The Morgan fingerprint density at radius 2 is 2.07 bits per heavy atom. The molecule has 0 aliphatic carbocycles. The normalized spacial score (nSPS) is 10.4. The molecule has 0 atom stereocenters. The molecule has 0 radical (unpaired) electrons. The maximum absolute atomic E-state index is 9.54. The van der Waals surface area contributed by atoms with Crippen molar-refractivity contribution in [2.24, 2.45) is 0 Å². The van der Waals surface area contributed by atoms with Crippen LogP contribution in [0.15, 0.2) is 24.5 Å². The van der Waals surface area contributed by atoms with Gasteiger partial charge in [0.2, 0.25) is 5.88 Å². The van der Waals surface area contributed by atoms with E-state index < -0.39 is 0 Å². The van der Waals surface area contributed by atoms with Gasteiger partial charge in [0.25, 0.3) is 0 Å². The predicted molar refractivity (Wildman–Crippen MR) is 52.4 cm³/mol. The van der Waals surface area contributed by atoms with Crippen molar-refractivity contribution in [3.8, 4) is 11.6 Å². The van der Waals surface area contributed by atoms with Crippen LogP contribution in [0.2, 0.25) is 0 Å². The number of aromatic hydroxyl groups is 1. The van der Waals surface area contributed by atoms with Crippen molar-refractivity contribution in [1.82, 2.24) is 9.97 Å². The Bertz CT molecular complexity index is 457. The van der Waals surface area contributed by atoms with Crippen molar-refractivity contribution in [3.05, 3.63) is 24.5 Å². The first-order valence-electron chi connectivity index (χ1n) is 4.38. The largest absolute Gasteiger partial charge is 0.507 e. The lowest BCUT2D eigenvalue weighted by atomic mass is 10.2. The maximum atomic E-state index is 9.54. The number of fused-ring (bicyclic) bond motifs is 1. The third-order valence-corrected chi connectivity index (χ3v) is 1.88. The minimum Gasteiger partial charge on any atom is -0.507 e. The Balaban J connectivity index is 2.68. The van der Waals surface area contributed by atoms with Gasteiger partial charge in [-0.1, -0.05) is 0 Å². The molecule has 0 aliphatic heterocycles. The summed E-state index contributed by atoms with van der Waals surface area (Å²) >= 11 is 0. The topological polar surface area (TPSA) is 55.2 Å². The molecule has 1 N–H and O–H groups in total.